The second kappa shape index (κ2) is 5.91. The average Bonchev–Trinajstić information content (AvgIpc) is 2.29. The van der Waals surface area contributed by atoms with Gasteiger partial charge in [0.05, 0.1) is 11.9 Å². The van der Waals surface area contributed by atoms with Gasteiger partial charge in [-0.1, -0.05) is 6.07 Å². The predicted octanol–water partition coefficient (Wildman–Crippen LogP) is 0.569. The maximum atomic E-state index is 11.8. The summed E-state index contributed by atoms with van der Waals surface area (Å²) in [6.45, 7) is 3.03. The Balaban J connectivity index is 3.00. The van der Waals surface area contributed by atoms with Gasteiger partial charge in [-0.25, -0.2) is 8.42 Å². The zero-order valence-corrected chi connectivity index (χ0v) is 12.1. The lowest BCUT2D eigenvalue weighted by Crippen LogP contribution is -2.38. The lowest BCUT2D eigenvalue weighted by molar-refractivity contribution is -0.138. The highest BCUT2D eigenvalue weighted by Gasteiger charge is 2.16. The van der Waals surface area contributed by atoms with Gasteiger partial charge in [-0.15, -0.1) is 0 Å². The molecule has 0 aliphatic rings. The van der Waals surface area contributed by atoms with E-state index in [0.29, 0.717) is 5.56 Å². The van der Waals surface area contributed by atoms with E-state index in [0.717, 1.165) is 6.26 Å². The number of carboxylic acid groups (broad SMARTS) is 1. The van der Waals surface area contributed by atoms with Crippen molar-refractivity contribution in [3.63, 3.8) is 0 Å². The van der Waals surface area contributed by atoms with Crippen LogP contribution in [0.5, 0.6) is 0 Å². The summed E-state index contributed by atoms with van der Waals surface area (Å²) in [5.41, 5.74) is 1.11. The molecule has 0 unspecified atom stereocenters. The number of aliphatic carboxylic acids is 1. The number of hydrogen-bond donors (Lipinski definition) is 3. The first-order chi connectivity index (χ1) is 9.10. The number of carbonyl (C=O) groups excluding carboxylic acids is 1. The number of nitrogens with one attached hydrogen (secondary N) is 2. The number of sulfonamides is 1. The molecule has 0 spiro atoms. The number of carboxylic acids is 1. The fraction of sp³-hybridized carbons (Fsp3) is 0.333. The molecule has 0 aromatic heterocycles. The summed E-state index contributed by atoms with van der Waals surface area (Å²) in [6.07, 6.45) is 1.01. The minimum Gasteiger partial charge on any atom is -0.480 e. The van der Waals surface area contributed by atoms with Crippen molar-refractivity contribution in [3.8, 4) is 0 Å². The molecule has 0 heterocycles. The number of amides is 1. The van der Waals surface area contributed by atoms with Gasteiger partial charge in [-0.05, 0) is 31.5 Å². The van der Waals surface area contributed by atoms with Crippen LogP contribution in [0.25, 0.3) is 0 Å². The third-order valence-corrected chi connectivity index (χ3v) is 3.10. The molecule has 1 aromatic carbocycles. The Kier molecular flexibility index (Phi) is 4.72. The van der Waals surface area contributed by atoms with Crippen molar-refractivity contribution in [2.24, 2.45) is 0 Å². The van der Waals surface area contributed by atoms with Gasteiger partial charge in [0, 0.05) is 5.56 Å². The summed E-state index contributed by atoms with van der Waals surface area (Å²) in [7, 11) is -3.45. The van der Waals surface area contributed by atoms with E-state index in [9.17, 15) is 18.0 Å². The molecule has 0 radical (unpaired) electrons. The number of hydrogen-bond acceptors (Lipinski definition) is 4. The van der Waals surface area contributed by atoms with Gasteiger partial charge in [0.25, 0.3) is 5.91 Å². The molecule has 1 amide bonds. The Morgan fingerprint density at radius 2 is 1.90 bits per heavy atom. The van der Waals surface area contributed by atoms with Crippen LogP contribution in [0.15, 0.2) is 18.2 Å². The second-order valence-electron chi connectivity index (χ2n) is 4.44. The molecule has 1 atom stereocenters. The van der Waals surface area contributed by atoms with Crippen LogP contribution in [0.4, 0.5) is 5.69 Å². The van der Waals surface area contributed by atoms with Crippen molar-refractivity contribution in [2.45, 2.75) is 19.9 Å². The highest BCUT2D eigenvalue weighted by atomic mass is 32.2. The van der Waals surface area contributed by atoms with Crippen LogP contribution in [0.2, 0.25) is 0 Å². The van der Waals surface area contributed by atoms with E-state index in [1.807, 2.05) is 0 Å². The molecule has 1 rings (SSSR count). The first-order valence-corrected chi connectivity index (χ1v) is 7.61. The normalized spacial score (nSPS) is 12.6. The van der Waals surface area contributed by atoms with Gasteiger partial charge in [-0.3, -0.25) is 14.3 Å². The lowest BCUT2D eigenvalue weighted by Gasteiger charge is -2.12. The highest BCUT2D eigenvalue weighted by Crippen LogP contribution is 2.18. The van der Waals surface area contributed by atoms with E-state index in [1.165, 1.54) is 19.1 Å². The number of aryl methyl sites for hydroxylation is 1. The SMILES string of the molecule is Cc1ccc(C(=O)N[C@H](C)C(=O)O)cc1NS(C)(=O)=O. The van der Waals surface area contributed by atoms with Crippen molar-refractivity contribution < 1.29 is 23.1 Å². The maximum Gasteiger partial charge on any atom is 0.325 e. The first-order valence-electron chi connectivity index (χ1n) is 5.72. The topological polar surface area (TPSA) is 113 Å². The number of benzene rings is 1. The molecule has 0 aliphatic carbocycles. The summed E-state index contributed by atoms with van der Waals surface area (Å²) >= 11 is 0. The van der Waals surface area contributed by atoms with Crippen LogP contribution in [0.1, 0.15) is 22.8 Å². The molecular weight excluding hydrogens is 284 g/mol. The lowest BCUT2D eigenvalue weighted by atomic mass is 10.1. The minimum absolute atomic E-state index is 0.176. The third-order valence-electron chi connectivity index (χ3n) is 2.51. The quantitative estimate of drug-likeness (QED) is 0.736. The van der Waals surface area contributed by atoms with E-state index in [4.69, 9.17) is 5.11 Å². The average molecular weight is 300 g/mol. The van der Waals surface area contributed by atoms with E-state index < -0.39 is 27.9 Å². The number of anilines is 1. The Hall–Kier alpha value is -2.09. The molecule has 20 heavy (non-hydrogen) atoms. The fourth-order valence-corrected chi connectivity index (χ4v) is 2.03. The van der Waals surface area contributed by atoms with Crippen molar-refractivity contribution in [2.75, 3.05) is 11.0 Å². The zero-order chi connectivity index (χ0) is 15.5. The van der Waals surface area contributed by atoms with E-state index in [2.05, 4.69) is 10.0 Å². The van der Waals surface area contributed by atoms with Crippen molar-refractivity contribution in [1.29, 1.82) is 0 Å². The Labute approximate surface area is 117 Å². The number of carbonyl (C=O) groups is 2. The molecule has 0 fully saturated rings. The molecule has 0 saturated carbocycles. The molecule has 0 saturated heterocycles. The van der Waals surface area contributed by atoms with Crippen LogP contribution in [-0.2, 0) is 14.8 Å². The maximum absolute atomic E-state index is 11.8. The van der Waals surface area contributed by atoms with E-state index >= 15 is 0 Å². The number of rotatable bonds is 5. The Morgan fingerprint density at radius 3 is 2.40 bits per heavy atom. The molecule has 7 nitrogen and oxygen atoms in total. The minimum atomic E-state index is -3.45. The van der Waals surface area contributed by atoms with Crippen LogP contribution in [0, 0.1) is 6.92 Å². The monoisotopic (exact) mass is 300 g/mol. The zero-order valence-electron chi connectivity index (χ0n) is 11.3. The third kappa shape index (κ3) is 4.54. The second-order valence-corrected chi connectivity index (χ2v) is 6.19. The van der Waals surface area contributed by atoms with E-state index in [-0.39, 0.29) is 11.3 Å². The van der Waals surface area contributed by atoms with Crippen LogP contribution in [-0.4, -0.2) is 37.7 Å². The Morgan fingerprint density at radius 1 is 1.30 bits per heavy atom. The summed E-state index contributed by atoms with van der Waals surface area (Å²) in [5.74, 6) is -1.74. The van der Waals surface area contributed by atoms with Gasteiger partial charge in [0.2, 0.25) is 10.0 Å². The Bertz CT molecular complexity index is 639. The standard InChI is InChI=1S/C12H16N2O5S/c1-7-4-5-9(6-10(7)14-20(3,18)19)11(15)13-8(2)12(16)17/h4-6,8,14H,1-3H3,(H,13,15)(H,16,17)/t8-/m1/s1. The van der Waals surface area contributed by atoms with E-state index in [1.54, 1.807) is 13.0 Å². The molecule has 110 valence electrons. The summed E-state index contributed by atoms with van der Waals surface area (Å²) < 4.78 is 24.7. The smallest absolute Gasteiger partial charge is 0.325 e. The fourth-order valence-electron chi connectivity index (χ4n) is 1.41. The molecule has 3 N–H and O–H groups in total. The molecule has 1 aromatic rings. The largest absolute Gasteiger partial charge is 0.480 e. The molecular formula is C12H16N2O5S. The predicted molar refractivity (Wildman–Crippen MR) is 74.2 cm³/mol. The van der Waals surface area contributed by atoms with Gasteiger partial charge in [0.1, 0.15) is 6.04 Å². The van der Waals surface area contributed by atoms with Crippen LogP contribution >= 0.6 is 0 Å². The van der Waals surface area contributed by atoms with Crippen molar-refractivity contribution >= 4 is 27.6 Å². The molecule has 8 heteroatoms. The molecule has 0 aliphatic heterocycles. The van der Waals surface area contributed by atoms with Gasteiger partial charge in [-0.2, -0.15) is 0 Å². The summed E-state index contributed by atoms with van der Waals surface area (Å²) in [4.78, 5) is 22.5. The van der Waals surface area contributed by atoms with Crippen LogP contribution < -0.4 is 10.0 Å². The van der Waals surface area contributed by atoms with Crippen molar-refractivity contribution in [1.82, 2.24) is 5.32 Å². The molecule has 0 bridgehead atoms. The van der Waals surface area contributed by atoms with Gasteiger partial charge < -0.3 is 10.4 Å². The van der Waals surface area contributed by atoms with Gasteiger partial charge in [0.15, 0.2) is 0 Å². The summed E-state index contributed by atoms with van der Waals surface area (Å²) in [5, 5.41) is 11.0. The summed E-state index contributed by atoms with van der Waals surface area (Å²) in [6, 6.07) is 3.40. The van der Waals surface area contributed by atoms with Crippen molar-refractivity contribution in [3.05, 3.63) is 29.3 Å². The highest BCUT2D eigenvalue weighted by molar-refractivity contribution is 7.92. The van der Waals surface area contributed by atoms with Gasteiger partial charge >= 0.3 is 5.97 Å². The van der Waals surface area contributed by atoms with Crippen LogP contribution in [0.3, 0.4) is 0 Å². The first kappa shape index (κ1) is 16.0.